The van der Waals surface area contributed by atoms with Gasteiger partial charge in [0, 0.05) is 25.7 Å². The second kappa shape index (κ2) is 7.08. The Morgan fingerprint density at radius 1 is 1.38 bits per heavy atom. The minimum absolute atomic E-state index is 0.0210. The molecule has 0 heterocycles. The molecule has 9 heteroatoms. The maximum atomic E-state index is 12.4. The first kappa shape index (κ1) is 17.7. The van der Waals surface area contributed by atoms with Crippen LogP contribution in [0.15, 0.2) is 17.0 Å². The van der Waals surface area contributed by atoms with Crippen LogP contribution in [0.2, 0.25) is 5.02 Å². The summed E-state index contributed by atoms with van der Waals surface area (Å²) in [5, 5.41) is 5.19. The fraction of sp³-hybridized carbons (Fsp3) is 0.417. The molecule has 1 amide bonds. The second-order valence-corrected chi connectivity index (χ2v) is 6.22. The average molecular weight is 337 g/mol. The highest BCUT2D eigenvalue weighted by Crippen LogP contribution is 2.31. The van der Waals surface area contributed by atoms with Crippen molar-refractivity contribution in [2.75, 3.05) is 34.4 Å². The van der Waals surface area contributed by atoms with Gasteiger partial charge >= 0.3 is 0 Å². The maximum Gasteiger partial charge on any atom is 0.257 e. The minimum Gasteiger partial charge on any atom is -0.494 e. The van der Waals surface area contributed by atoms with E-state index in [1.54, 1.807) is 7.05 Å². The van der Waals surface area contributed by atoms with Crippen LogP contribution in [-0.4, -0.2) is 53.6 Å². The Bertz CT molecular complexity index is 633. The largest absolute Gasteiger partial charge is 0.494 e. The molecule has 1 aromatic rings. The summed E-state index contributed by atoms with van der Waals surface area (Å²) < 4.78 is 33.1. The summed E-state index contributed by atoms with van der Waals surface area (Å²) in [6.45, 7) is 0.670. The average Bonchev–Trinajstić information content (AvgIpc) is 2.41. The van der Waals surface area contributed by atoms with E-state index in [0.29, 0.717) is 13.2 Å². The van der Waals surface area contributed by atoms with Crippen molar-refractivity contribution in [1.82, 2.24) is 4.90 Å². The normalized spacial score (nSPS) is 11.3. The van der Waals surface area contributed by atoms with E-state index in [1.165, 1.54) is 25.2 Å². The van der Waals surface area contributed by atoms with Gasteiger partial charge in [0.25, 0.3) is 5.91 Å². The van der Waals surface area contributed by atoms with Gasteiger partial charge in [-0.05, 0) is 12.1 Å². The molecule has 0 saturated carbocycles. The molecule has 0 spiro atoms. The molecule has 1 aromatic carbocycles. The van der Waals surface area contributed by atoms with Crippen LogP contribution in [0.1, 0.15) is 10.4 Å². The Kier molecular flexibility index (Phi) is 5.97. The summed E-state index contributed by atoms with van der Waals surface area (Å²) in [6, 6.07) is 2.47. The molecule has 0 saturated heterocycles. The molecule has 21 heavy (non-hydrogen) atoms. The van der Waals surface area contributed by atoms with Gasteiger partial charge in [-0.2, -0.15) is 0 Å². The van der Waals surface area contributed by atoms with Crippen LogP contribution >= 0.6 is 11.6 Å². The van der Waals surface area contributed by atoms with Crippen LogP contribution in [0.5, 0.6) is 5.75 Å². The summed E-state index contributed by atoms with van der Waals surface area (Å²) in [5.41, 5.74) is 0.0210. The lowest BCUT2D eigenvalue weighted by atomic mass is 10.1. The monoisotopic (exact) mass is 336 g/mol. The molecule has 1 rings (SSSR count). The summed E-state index contributed by atoms with van der Waals surface area (Å²) in [7, 11) is 0.247. The van der Waals surface area contributed by atoms with E-state index in [4.69, 9.17) is 26.2 Å². The van der Waals surface area contributed by atoms with Crippen LogP contribution in [0, 0.1) is 0 Å². The SMILES string of the molecule is COCCN(C)C(=O)c1cc(Cl)cc(S(N)(=O)=O)c1OC. The zero-order chi connectivity index (χ0) is 16.2. The molecule has 0 aliphatic carbocycles. The van der Waals surface area contributed by atoms with Gasteiger partial charge < -0.3 is 14.4 Å². The predicted molar refractivity (Wildman–Crippen MR) is 78.2 cm³/mol. The van der Waals surface area contributed by atoms with E-state index >= 15 is 0 Å². The number of halogens is 1. The van der Waals surface area contributed by atoms with E-state index in [2.05, 4.69) is 0 Å². The Balaban J connectivity index is 3.36. The van der Waals surface area contributed by atoms with Crippen molar-refractivity contribution in [3.8, 4) is 5.75 Å². The number of hydrogen-bond donors (Lipinski definition) is 1. The van der Waals surface area contributed by atoms with Gasteiger partial charge in [0.2, 0.25) is 10.0 Å². The van der Waals surface area contributed by atoms with E-state index in [0.717, 1.165) is 6.07 Å². The lowest BCUT2D eigenvalue weighted by Crippen LogP contribution is -2.30. The standard InChI is InChI=1S/C12H17ClN2O5S/c1-15(4-5-19-2)12(16)9-6-8(13)7-10(11(9)20-3)21(14,17)18/h6-7H,4-5H2,1-3H3,(H2,14,17,18). The van der Waals surface area contributed by atoms with Crippen molar-refractivity contribution in [3.63, 3.8) is 0 Å². The van der Waals surface area contributed by atoms with Gasteiger partial charge in [-0.3, -0.25) is 4.79 Å². The number of ether oxygens (including phenoxy) is 2. The minimum atomic E-state index is -4.07. The van der Waals surface area contributed by atoms with Crippen molar-refractivity contribution < 1.29 is 22.7 Å². The Morgan fingerprint density at radius 3 is 2.48 bits per heavy atom. The first-order valence-corrected chi connectivity index (χ1v) is 7.79. The molecule has 2 N–H and O–H groups in total. The van der Waals surface area contributed by atoms with Crippen LogP contribution in [-0.2, 0) is 14.8 Å². The zero-order valence-corrected chi connectivity index (χ0v) is 13.5. The van der Waals surface area contributed by atoms with Gasteiger partial charge in [-0.1, -0.05) is 11.6 Å². The summed E-state index contributed by atoms with van der Waals surface area (Å²) in [6.07, 6.45) is 0. The number of sulfonamides is 1. The Labute approximate surface area is 128 Å². The van der Waals surface area contributed by atoms with Crippen molar-refractivity contribution in [2.24, 2.45) is 5.14 Å². The molecule has 0 unspecified atom stereocenters. The highest BCUT2D eigenvalue weighted by molar-refractivity contribution is 7.89. The number of amides is 1. The molecule has 0 fully saturated rings. The first-order valence-electron chi connectivity index (χ1n) is 5.87. The number of carbonyl (C=O) groups is 1. The molecule has 0 aliphatic rings. The number of likely N-dealkylation sites (N-methyl/N-ethyl adjacent to an activating group) is 1. The number of carbonyl (C=O) groups excluding carboxylic acids is 1. The van der Waals surface area contributed by atoms with Crippen LogP contribution in [0.25, 0.3) is 0 Å². The quantitative estimate of drug-likeness (QED) is 0.825. The van der Waals surface area contributed by atoms with Gasteiger partial charge in [-0.25, -0.2) is 13.6 Å². The van der Waals surface area contributed by atoms with Crippen LogP contribution in [0.3, 0.4) is 0 Å². The fourth-order valence-corrected chi connectivity index (χ4v) is 2.71. The Morgan fingerprint density at radius 2 is 2.00 bits per heavy atom. The smallest absolute Gasteiger partial charge is 0.257 e. The van der Waals surface area contributed by atoms with Gasteiger partial charge in [0.15, 0.2) is 5.75 Å². The van der Waals surface area contributed by atoms with Gasteiger partial charge in [0.1, 0.15) is 4.90 Å². The van der Waals surface area contributed by atoms with Gasteiger partial charge in [-0.15, -0.1) is 0 Å². The van der Waals surface area contributed by atoms with E-state index in [9.17, 15) is 13.2 Å². The highest BCUT2D eigenvalue weighted by Gasteiger charge is 2.25. The van der Waals surface area contributed by atoms with Crippen LogP contribution < -0.4 is 9.88 Å². The van der Waals surface area contributed by atoms with E-state index in [1.807, 2.05) is 0 Å². The van der Waals surface area contributed by atoms with Gasteiger partial charge in [0.05, 0.1) is 19.3 Å². The summed E-state index contributed by atoms with van der Waals surface area (Å²) >= 11 is 5.87. The second-order valence-electron chi connectivity index (χ2n) is 4.25. The van der Waals surface area contributed by atoms with Crippen molar-refractivity contribution in [3.05, 3.63) is 22.7 Å². The topological polar surface area (TPSA) is 98.9 Å². The van der Waals surface area contributed by atoms with E-state index < -0.39 is 15.9 Å². The molecule has 0 bridgehead atoms. The molecule has 0 atom stereocenters. The molecular formula is C12H17ClN2O5S. The lowest BCUT2D eigenvalue weighted by molar-refractivity contribution is 0.0740. The molecule has 118 valence electrons. The van der Waals surface area contributed by atoms with Crippen LogP contribution in [0.4, 0.5) is 0 Å². The number of methoxy groups -OCH3 is 2. The van der Waals surface area contributed by atoms with Crippen molar-refractivity contribution in [1.29, 1.82) is 0 Å². The predicted octanol–water partition coefficient (Wildman–Crippen LogP) is 0.714. The third-order valence-corrected chi connectivity index (χ3v) is 3.87. The number of rotatable bonds is 6. The zero-order valence-electron chi connectivity index (χ0n) is 11.9. The lowest BCUT2D eigenvalue weighted by Gasteiger charge is -2.19. The first-order chi connectivity index (χ1) is 9.72. The molecule has 0 aliphatic heterocycles. The number of benzene rings is 1. The third kappa shape index (κ3) is 4.31. The van der Waals surface area contributed by atoms with Crippen molar-refractivity contribution in [2.45, 2.75) is 4.90 Å². The summed E-state index contributed by atoms with van der Waals surface area (Å²) in [4.78, 5) is 13.4. The molecule has 7 nitrogen and oxygen atoms in total. The number of primary sulfonamides is 1. The van der Waals surface area contributed by atoms with E-state index in [-0.39, 0.29) is 21.2 Å². The number of hydrogen-bond acceptors (Lipinski definition) is 5. The fourth-order valence-electron chi connectivity index (χ4n) is 1.68. The Hall–Kier alpha value is -1.35. The third-order valence-electron chi connectivity index (χ3n) is 2.74. The molecular weight excluding hydrogens is 320 g/mol. The number of nitrogens with zero attached hydrogens (tertiary/aromatic N) is 1. The molecule has 0 aromatic heterocycles. The maximum absolute atomic E-state index is 12.4. The number of nitrogens with two attached hydrogens (primary N) is 1. The summed E-state index contributed by atoms with van der Waals surface area (Å²) in [5.74, 6) is -0.576. The highest BCUT2D eigenvalue weighted by atomic mass is 35.5. The molecule has 0 radical (unpaired) electrons. The van der Waals surface area contributed by atoms with Crippen molar-refractivity contribution >= 4 is 27.5 Å².